The van der Waals surface area contributed by atoms with Gasteiger partial charge in [-0.2, -0.15) is 23.4 Å². The lowest BCUT2D eigenvalue weighted by molar-refractivity contribution is -0.142. The number of nitrogens with one attached hydrogen (secondary N) is 1. The molecule has 20 heavy (non-hydrogen) atoms. The highest BCUT2D eigenvalue weighted by molar-refractivity contribution is 5.85. The Morgan fingerprint density at radius 3 is 2.60 bits per heavy atom. The first-order valence-corrected chi connectivity index (χ1v) is 5.70. The molecule has 2 aromatic heterocycles. The molecule has 0 fully saturated rings. The van der Waals surface area contributed by atoms with Gasteiger partial charge in [0.2, 0.25) is 0 Å². The average Bonchev–Trinajstić information content (AvgIpc) is 2.87. The molecule has 2 aromatic rings. The normalized spacial score (nSPS) is 11.4. The molecule has 0 atom stereocenters. The molecule has 9 heteroatoms. The monoisotopic (exact) mass is 309 g/mol. The van der Waals surface area contributed by atoms with E-state index in [0.717, 1.165) is 10.4 Å². The predicted octanol–water partition coefficient (Wildman–Crippen LogP) is 1.89. The smallest absolute Gasteiger partial charge is 0.307 e. The molecule has 0 saturated heterocycles. The van der Waals surface area contributed by atoms with Crippen molar-refractivity contribution < 1.29 is 13.2 Å². The van der Waals surface area contributed by atoms with E-state index in [-0.39, 0.29) is 12.4 Å². The van der Waals surface area contributed by atoms with Gasteiger partial charge in [0.25, 0.3) is 0 Å². The Bertz CT molecular complexity index is 534. The topological polar surface area (TPSA) is 47.7 Å². The van der Waals surface area contributed by atoms with Gasteiger partial charge in [-0.1, -0.05) is 0 Å². The van der Waals surface area contributed by atoms with Crippen LogP contribution in [0.4, 0.5) is 13.2 Å². The third kappa shape index (κ3) is 4.86. The maximum Gasteiger partial charge on any atom is 0.408 e. The van der Waals surface area contributed by atoms with Crippen LogP contribution in [0.1, 0.15) is 11.3 Å². The van der Waals surface area contributed by atoms with E-state index in [4.69, 9.17) is 0 Å². The van der Waals surface area contributed by atoms with Crippen LogP contribution in [0.5, 0.6) is 0 Å². The average molecular weight is 310 g/mol. The van der Waals surface area contributed by atoms with Crippen LogP contribution >= 0.6 is 12.4 Å². The van der Waals surface area contributed by atoms with E-state index in [1.165, 1.54) is 12.4 Å². The summed E-state index contributed by atoms with van der Waals surface area (Å²) in [5.41, 5.74) is 1.72. The van der Waals surface area contributed by atoms with Gasteiger partial charge in [-0.25, -0.2) is 0 Å². The molecule has 1 N–H and O–H groups in total. The largest absolute Gasteiger partial charge is 0.408 e. The summed E-state index contributed by atoms with van der Waals surface area (Å²) in [5.74, 6) is 0. The van der Waals surface area contributed by atoms with Crippen molar-refractivity contribution in [2.45, 2.75) is 25.8 Å². The summed E-state index contributed by atoms with van der Waals surface area (Å²) in [4.78, 5) is 0. The zero-order valence-electron chi connectivity index (χ0n) is 10.8. The Morgan fingerprint density at radius 2 is 2.00 bits per heavy atom. The van der Waals surface area contributed by atoms with Crippen LogP contribution in [0.25, 0.3) is 0 Å². The summed E-state index contributed by atoms with van der Waals surface area (Å²) in [6.45, 7) is -0.00127. The first kappa shape index (κ1) is 16.5. The Labute approximate surface area is 120 Å². The molecule has 0 spiro atoms. The summed E-state index contributed by atoms with van der Waals surface area (Å²) < 4.78 is 39.1. The highest BCUT2D eigenvalue weighted by Crippen LogP contribution is 2.17. The van der Waals surface area contributed by atoms with Crippen LogP contribution in [0.15, 0.2) is 24.7 Å². The Balaban J connectivity index is 0.00000200. The van der Waals surface area contributed by atoms with Crippen molar-refractivity contribution in [3.8, 4) is 0 Å². The van der Waals surface area contributed by atoms with Crippen molar-refractivity contribution in [3.05, 3.63) is 35.9 Å². The highest BCUT2D eigenvalue weighted by atomic mass is 35.5. The maximum absolute atomic E-state index is 12.1. The number of rotatable bonds is 5. The van der Waals surface area contributed by atoms with E-state index in [2.05, 4.69) is 15.5 Å². The van der Waals surface area contributed by atoms with Crippen LogP contribution in [0, 0.1) is 0 Å². The minimum absolute atomic E-state index is 0. The van der Waals surface area contributed by atoms with Crippen molar-refractivity contribution >= 4 is 12.4 Å². The van der Waals surface area contributed by atoms with Crippen molar-refractivity contribution in [2.24, 2.45) is 7.05 Å². The molecular weight excluding hydrogens is 295 g/mol. The maximum atomic E-state index is 12.1. The number of aromatic nitrogens is 4. The second kappa shape index (κ2) is 6.76. The van der Waals surface area contributed by atoms with Crippen LogP contribution in [0.2, 0.25) is 0 Å². The molecule has 0 aliphatic rings. The van der Waals surface area contributed by atoms with E-state index in [9.17, 15) is 13.2 Å². The quantitative estimate of drug-likeness (QED) is 0.917. The van der Waals surface area contributed by atoms with Gasteiger partial charge in [0, 0.05) is 38.1 Å². The van der Waals surface area contributed by atoms with E-state index >= 15 is 0 Å². The molecule has 0 bridgehead atoms. The SMILES string of the molecule is Cl.Cn1nccc1CNCc1cnn(CC(F)(F)F)c1. The van der Waals surface area contributed by atoms with Crippen molar-refractivity contribution in [1.82, 2.24) is 24.9 Å². The number of halogens is 4. The van der Waals surface area contributed by atoms with Gasteiger partial charge in [0.05, 0.1) is 11.9 Å². The van der Waals surface area contributed by atoms with E-state index in [0.29, 0.717) is 18.7 Å². The van der Waals surface area contributed by atoms with E-state index < -0.39 is 12.7 Å². The molecule has 112 valence electrons. The molecule has 0 unspecified atom stereocenters. The second-order valence-corrected chi connectivity index (χ2v) is 4.21. The molecule has 0 saturated carbocycles. The summed E-state index contributed by atoms with van der Waals surface area (Å²) in [7, 11) is 1.83. The van der Waals surface area contributed by atoms with Crippen LogP contribution in [0.3, 0.4) is 0 Å². The summed E-state index contributed by atoms with van der Waals surface area (Å²) in [6.07, 6.45) is 0.273. The van der Waals surface area contributed by atoms with Gasteiger partial charge in [-0.05, 0) is 6.07 Å². The molecule has 5 nitrogen and oxygen atoms in total. The number of hydrogen-bond donors (Lipinski definition) is 1. The number of alkyl halides is 3. The summed E-state index contributed by atoms with van der Waals surface area (Å²) >= 11 is 0. The van der Waals surface area contributed by atoms with Gasteiger partial charge < -0.3 is 5.32 Å². The molecule has 2 rings (SSSR count). The lowest BCUT2D eigenvalue weighted by atomic mass is 10.3. The van der Waals surface area contributed by atoms with Crippen LogP contribution < -0.4 is 5.32 Å². The second-order valence-electron chi connectivity index (χ2n) is 4.21. The molecule has 0 amide bonds. The lowest BCUT2D eigenvalue weighted by Gasteiger charge is -2.05. The van der Waals surface area contributed by atoms with Gasteiger partial charge in [-0.3, -0.25) is 9.36 Å². The fourth-order valence-corrected chi connectivity index (χ4v) is 1.68. The zero-order chi connectivity index (χ0) is 13.9. The Kier molecular flexibility index (Phi) is 5.58. The minimum atomic E-state index is -4.24. The fourth-order valence-electron chi connectivity index (χ4n) is 1.68. The van der Waals surface area contributed by atoms with Crippen LogP contribution in [-0.2, 0) is 26.7 Å². The third-order valence-corrected chi connectivity index (χ3v) is 2.59. The lowest BCUT2D eigenvalue weighted by Crippen LogP contribution is -2.18. The van der Waals surface area contributed by atoms with E-state index in [1.807, 2.05) is 13.1 Å². The summed E-state index contributed by atoms with van der Waals surface area (Å²) in [6, 6.07) is 1.88. The predicted molar refractivity (Wildman–Crippen MR) is 69.3 cm³/mol. The fraction of sp³-hybridized carbons (Fsp3) is 0.455. The van der Waals surface area contributed by atoms with Crippen molar-refractivity contribution in [3.63, 3.8) is 0 Å². The van der Waals surface area contributed by atoms with Crippen molar-refractivity contribution in [1.29, 1.82) is 0 Å². The number of nitrogens with zero attached hydrogens (tertiary/aromatic N) is 4. The molecule has 0 aliphatic carbocycles. The number of hydrogen-bond acceptors (Lipinski definition) is 3. The Hall–Kier alpha value is -1.54. The zero-order valence-corrected chi connectivity index (χ0v) is 11.6. The standard InChI is InChI=1S/C11H14F3N5.ClH/c1-18-10(2-3-16-18)6-15-4-9-5-17-19(7-9)8-11(12,13)14;/h2-3,5,7,15H,4,6,8H2,1H3;1H. The Morgan fingerprint density at radius 1 is 1.25 bits per heavy atom. The number of aryl methyl sites for hydroxylation is 1. The molecular formula is C11H15ClF3N5. The first-order chi connectivity index (χ1) is 8.94. The molecule has 0 aliphatic heterocycles. The van der Waals surface area contributed by atoms with Crippen LogP contribution in [-0.4, -0.2) is 25.7 Å². The molecule has 0 aromatic carbocycles. The van der Waals surface area contributed by atoms with E-state index in [1.54, 1.807) is 10.9 Å². The third-order valence-electron chi connectivity index (χ3n) is 2.59. The first-order valence-electron chi connectivity index (χ1n) is 5.70. The highest BCUT2D eigenvalue weighted by Gasteiger charge is 2.28. The minimum Gasteiger partial charge on any atom is -0.307 e. The molecule has 2 heterocycles. The van der Waals surface area contributed by atoms with Gasteiger partial charge in [0.1, 0.15) is 6.54 Å². The van der Waals surface area contributed by atoms with Crippen molar-refractivity contribution in [2.75, 3.05) is 0 Å². The van der Waals surface area contributed by atoms with Gasteiger partial charge in [0.15, 0.2) is 0 Å². The van der Waals surface area contributed by atoms with Gasteiger partial charge >= 0.3 is 6.18 Å². The van der Waals surface area contributed by atoms with Gasteiger partial charge in [-0.15, -0.1) is 12.4 Å². The summed E-state index contributed by atoms with van der Waals surface area (Å²) in [5, 5.41) is 10.8. The molecule has 0 radical (unpaired) electrons.